The summed E-state index contributed by atoms with van der Waals surface area (Å²) in [5, 5.41) is 17.7. The highest BCUT2D eigenvalue weighted by atomic mass is 32.2. The summed E-state index contributed by atoms with van der Waals surface area (Å²) in [4.78, 5) is 19.1. The first-order valence-electron chi connectivity index (χ1n) is 6.14. The van der Waals surface area contributed by atoms with E-state index in [1.54, 1.807) is 0 Å². The highest BCUT2D eigenvalue weighted by Gasteiger charge is 2.25. The lowest BCUT2D eigenvalue weighted by Crippen LogP contribution is -2.17. The van der Waals surface area contributed by atoms with E-state index in [9.17, 15) is 10.1 Å². The molecule has 0 saturated carbocycles. The van der Waals surface area contributed by atoms with Crippen molar-refractivity contribution in [2.45, 2.75) is 38.4 Å². The zero-order valence-electron chi connectivity index (χ0n) is 11.6. The number of hydrogen-bond donors (Lipinski definition) is 2. The first-order valence-corrected chi connectivity index (χ1v) is 7.36. The molecule has 1 unspecified atom stereocenters. The fraction of sp³-hybridized carbons (Fsp3) is 0.636. The summed E-state index contributed by atoms with van der Waals surface area (Å²) in [7, 11) is 0. The third-order valence-electron chi connectivity index (χ3n) is 2.57. The third kappa shape index (κ3) is 3.95. The van der Waals surface area contributed by atoms with Gasteiger partial charge in [0.25, 0.3) is 0 Å². The number of hydrogen-bond acceptors (Lipinski definition) is 7. The Morgan fingerprint density at radius 2 is 2.00 bits per heavy atom. The van der Waals surface area contributed by atoms with E-state index in [0.717, 1.165) is 6.42 Å². The Kier molecular flexibility index (Phi) is 5.81. The van der Waals surface area contributed by atoms with Crippen LogP contribution in [0.3, 0.4) is 0 Å². The summed E-state index contributed by atoms with van der Waals surface area (Å²) in [6, 6.07) is 0.109. The van der Waals surface area contributed by atoms with Gasteiger partial charge in [-0.05, 0) is 26.5 Å². The Morgan fingerprint density at radius 1 is 1.37 bits per heavy atom. The second-order valence-electron chi connectivity index (χ2n) is 4.00. The molecule has 19 heavy (non-hydrogen) atoms. The van der Waals surface area contributed by atoms with Crippen LogP contribution in [0.15, 0.2) is 5.16 Å². The predicted octanol–water partition coefficient (Wildman–Crippen LogP) is 2.75. The van der Waals surface area contributed by atoms with E-state index in [0.29, 0.717) is 11.7 Å². The molecule has 0 aromatic carbocycles. The van der Waals surface area contributed by atoms with E-state index in [2.05, 4.69) is 20.6 Å². The van der Waals surface area contributed by atoms with Crippen molar-refractivity contribution in [3.8, 4) is 0 Å². The molecule has 8 heteroatoms. The van der Waals surface area contributed by atoms with Crippen LogP contribution in [0, 0.1) is 10.1 Å². The summed E-state index contributed by atoms with van der Waals surface area (Å²) in [5.74, 6) is 0.535. The van der Waals surface area contributed by atoms with E-state index in [-0.39, 0.29) is 23.4 Å². The lowest BCUT2D eigenvalue weighted by molar-refractivity contribution is -0.383. The summed E-state index contributed by atoms with van der Waals surface area (Å²) < 4.78 is 0. The van der Waals surface area contributed by atoms with Crippen LogP contribution in [0.2, 0.25) is 0 Å². The van der Waals surface area contributed by atoms with Gasteiger partial charge < -0.3 is 10.6 Å². The number of thioether (sulfide) groups is 1. The molecule has 1 aromatic heterocycles. The molecule has 0 aliphatic carbocycles. The van der Waals surface area contributed by atoms with Gasteiger partial charge in [-0.15, -0.1) is 0 Å². The number of rotatable bonds is 7. The summed E-state index contributed by atoms with van der Waals surface area (Å²) in [6.45, 7) is 6.39. The fourth-order valence-electron chi connectivity index (χ4n) is 1.43. The van der Waals surface area contributed by atoms with Gasteiger partial charge in [0.2, 0.25) is 11.6 Å². The van der Waals surface area contributed by atoms with Crippen molar-refractivity contribution in [2.24, 2.45) is 0 Å². The molecule has 0 amide bonds. The van der Waals surface area contributed by atoms with E-state index in [1.807, 2.05) is 27.0 Å². The maximum Gasteiger partial charge on any atom is 0.353 e. The van der Waals surface area contributed by atoms with E-state index >= 15 is 0 Å². The Morgan fingerprint density at radius 3 is 2.47 bits per heavy atom. The van der Waals surface area contributed by atoms with Gasteiger partial charge in [-0.2, -0.15) is 9.97 Å². The van der Waals surface area contributed by atoms with Gasteiger partial charge in [0.1, 0.15) is 0 Å². The van der Waals surface area contributed by atoms with Gasteiger partial charge in [-0.25, -0.2) is 0 Å². The van der Waals surface area contributed by atoms with Crippen LogP contribution in [0.5, 0.6) is 0 Å². The Labute approximate surface area is 116 Å². The SMILES string of the molecule is CCNc1nc(SC)nc(NC(C)CC)c1[N+](=O)[O-]. The zero-order chi connectivity index (χ0) is 14.4. The topological polar surface area (TPSA) is 93.0 Å². The molecule has 1 heterocycles. The summed E-state index contributed by atoms with van der Waals surface area (Å²) in [5.41, 5.74) is -0.0973. The number of nitrogens with zero attached hydrogens (tertiary/aromatic N) is 3. The molecule has 0 bridgehead atoms. The van der Waals surface area contributed by atoms with Crippen molar-refractivity contribution >= 4 is 29.1 Å². The predicted molar refractivity (Wildman–Crippen MR) is 78.0 cm³/mol. The quantitative estimate of drug-likeness (QED) is 0.344. The Bertz CT molecular complexity index is 455. The van der Waals surface area contributed by atoms with E-state index in [1.165, 1.54) is 11.8 Å². The number of anilines is 2. The molecule has 2 N–H and O–H groups in total. The van der Waals surface area contributed by atoms with Crippen LogP contribution in [-0.2, 0) is 0 Å². The lowest BCUT2D eigenvalue weighted by Gasteiger charge is -2.14. The van der Waals surface area contributed by atoms with E-state index < -0.39 is 4.92 Å². The van der Waals surface area contributed by atoms with Crippen molar-refractivity contribution < 1.29 is 4.92 Å². The largest absolute Gasteiger partial charge is 0.364 e. The second kappa shape index (κ2) is 7.13. The van der Waals surface area contributed by atoms with Crippen molar-refractivity contribution in [1.82, 2.24) is 9.97 Å². The molecule has 0 aliphatic rings. The molecule has 1 atom stereocenters. The molecule has 1 rings (SSSR count). The van der Waals surface area contributed by atoms with Crippen LogP contribution in [0.1, 0.15) is 27.2 Å². The highest BCUT2D eigenvalue weighted by Crippen LogP contribution is 2.32. The minimum absolute atomic E-state index is 0.0973. The Hall–Kier alpha value is -1.57. The van der Waals surface area contributed by atoms with Crippen molar-refractivity contribution in [1.29, 1.82) is 0 Å². The minimum Gasteiger partial charge on any atom is -0.364 e. The fourth-order valence-corrected chi connectivity index (χ4v) is 1.79. The highest BCUT2D eigenvalue weighted by molar-refractivity contribution is 7.98. The maximum atomic E-state index is 11.2. The molecule has 106 valence electrons. The molecular weight excluding hydrogens is 266 g/mol. The van der Waals surface area contributed by atoms with Crippen LogP contribution in [0.4, 0.5) is 17.3 Å². The lowest BCUT2D eigenvalue weighted by atomic mass is 10.2. The van der Waals surface area contributed by atoms with Gasteiger partial charge in [0.15, 0.2) is 5.16 Å². The standard InChI is InChI=1S/C11H19N5O2S/c1-5-7(3)13-10-8(16(17)18)9(12-6-2)14-11(15-10)19-4/h7H,5-6H2,1-4H3,(H2,12,13,14,15). The molecule has 1 aromatic rings. The zero-order valence-corrected chi connectivity index (χ0v) is 12.4. The summed E-state index contributed by atoms with van der Waals surface area (Å²) >= 11 is 1.35. The van der Waals surface area contributed by atoms with Gasteiger partial charge in [0.05, 0.1) is 4.92 Å². The second-order valence-corrected chi connectivity index (χ2v) is 4.77. The molecule has 0 saturated heterocycles. The van der Waals surface area contributed by atoms with E-state index in [4.69, 9.17) is 0 Å². The number of nitrogens with one attached hydrogen (secondary N) is 2. The van der Waals surface area contributed by atoms with Gasteiger partial charge in [-0.3, -0.25) is 10.1 Å². The van der Waals surface area contributed by atoms with Crippen LogP contribution >= 0.6 is 11.8 Å². The number of aromatic nitrogens is 2. The molecule has 0 fully saturated rings. The third-order valence-corrected chi connectivity index (χ3v) is 3.12. The van der Waals surface area contributed by atoms with Crippen LogP contribution < -0.4 is 10.6 Å². The number of nitro groups is 1. The van der Waals surface area contributed by atoms with Crippen molar-refractivity contribution in [3.05, 3.63) is 10.1 Å². The van der Waals surface area contributed by atoms with Gasteiger partial charge in [0, 0.05) is 12.6 Å². The average molecular weight is 285 g/mol. The van der Waals surface area contributed by atoms with Gasteiger partial charge in [-0.1, -0.05) is 18.7 Å². The molecule has 0 spiro atoms. The van der Waals surface area contributed by atoms with Crippen LogP contribution in [0.25, 0.3) is 0 Å². The molecule has 7 nitrogen and oxygen atoms in total. The molecule has 0 aliphatic heterocycles. The first kappa shape index (κ1) is 15.5. The monoisotopic (exact) mass is 285 g/mol. The van der Waals surface area contributed by atoms with Gasteiger partial charge >= 0.3 is 5.69 Å². The maximum absolute atomic E-state index is 11.2. The Balaban J connectivity index is 3.30. The van der Waals surface area contributed by atoms with Crippen LogP contribution in [-0.4, -0.2) is 33.7 Å². The molecule has 0 radical (unpaired) electrons. The smallest absolute Gasteiger partial charge is 0.353 e. The minimum atomic E-state index is -0.452. The average Bonchev–Trinajstić information content (AvgIpc) is 2.37. The van der Waals surface area contributed by atoms with Crippen molar-refractivity contribution in [2.75, 3.05) is 23.4 Å². The molecular formula is C11H19N5O2S. The van der Waals surface area contributed by atoms with Crippen molar-refractivity contribution in [3.63, 3.8) is 0 Å². The first-order chi connectivity index (χ1) is 9.03. The normalized spacial score (nSPS) is 12.0. The summed E-state index contributed by atoms with van der Waals surface area (Å²) in [6.07, 6.45) is 2.69.